The van der Waals surface area contributed by atoms with Gasteiger partial charge in [-0.15, -0.1) is 0 Å². The van der Waals surface area contributed by atoms with Crippen molar-refractivity contribution in [2.75, 3.05) is 0 Å². The van der Waals surface area contributed by atoms with Gasteiger partial charge in [0.2, 0.25) is 11.4 Å². The van der Waals surface area contributed by atoms with Gasteiger partial charge in [0.15, 0.2) is 17.8 Å². The molecule has 0 aliphatic heterocycles. The summed E-state index contributed by atoms with van der Waals surface area (Å²) in [5.41, 5.74) is 7.21. The van der Waals surface area contributed by atoms with Crippen molar-refractivity contribution in [3.05, 3.63) is 131 Å². The number of hydrogen-bond donors (Lipinski definition) is 0. The molecule has 144 valence electrons. The van der Waals surface area contributed by atoms with E-state index in [1.54, 1.807) is 0 Å². The molecule has 2 aromatic heterocycles. The summed E-state index contributed by atoms with van der Waals surface area (Å²) < 4.78 is 4.51. The lowest BCUT2D eigenvalue weighted by Gasteiger charge is -2.32. The Balaban J connectivity index is 2.28. The third-order valence-electron chi connectivity index (χ3n) is 5.98. The molecule has 2 nitrogen and oxygen atoms in total. The highest BCUT2D eigenvalue weighted by molar-refractivity contribution is 5.58. The topological polar surface area (TPSA) is 7.76 Å². The monoisotopic (exact) mass is 380 g/mol. The Labute approximate surface area is 173 Å². The largest absolute Gasteiger partial charge is 0.207 e. The van der Waals surface area contributed by atoms with Crippen molar-refractivity contribution >= 4 is 0 Å². The molecule has 0 atom stereocenters. The van der Waals surface area contributed by atoms with Crippen molar-refractivity contribution in [1.29, 1.82) is 0 Å². The first-order chi connectivity index (χ1) is 14.1. The number of aromatic nitrogens is 2. The molecule has 0 aliphatic carbocycles. The smallest absolute Gasteiger partial charge is 0.204 e. The lowest BCUT2D eigenvalue weighted by atomic mass is 9.66. The van der Waals surface area contributed by atoms with Crippen LogP contribution in [0.2, 0.25) is 0 Å². The quantitative estimate of drug-likeness (QED) is 0.466. The summed E-state index contributed by atoms with van der Waals surface area (Å²) in [6, 6.07) is 30.5. The van der Waals surface area contributed by atoms with Crippen LogP contribution in [-0.4, -0.2) is 0 Å². The molecule has 2 heteroatoms. The van der Waals surface area contributed by atoms with Crippen LogP contribution in [0.1, 0.15) is 33.6 Å². The maximum atomic E-state index is 2.28. The van der Waals surface area contributed by atoms with Crippen LogP contribution in [0.25, 0.3) is 0 Å². The van der Waals surface area contributed by atoms with Gasteiger partial charge in [-0.05, 0) is 36.1 Å². The zero-order chi connectivity index (χ0) is 20.4. The summed E-state index contributed by atoms with van der Waals surface area (Å²) >= 11 is 0. The summed E-state index contributed by atoms with van der Waals surface area (Å²) in [5.74, 6) is 0. The van der Waals surface area contributed by atoms with Crippen LogP contribution >= 0.6 is 0 Å². The van der Waals surface area contributed by atoms with Gasteiger partial charge >= 0.3 is 0 Å². The minimum atomic E-state index is -0.442. The number of rotatable bonds is 4. The van der Waals surface area contributed by atoms with Crippen LogP contribution < -0.4 is 9.13 Å². The molecular formula is C27H28N2+2. The van der Waals surface area contributed by atoms with E-state index < -0.39 is 5.41 Å². The molecule has 0 saturated heterocycles. The second kappa shape index (κ2) is 7.63. The third kappa shape index (κ3) is 3.05. The van der Waals surface area contributed by atoms with Gasteiger partial charge in [0.1, 0.15) is 14.1 Å². The van der Waals surface area contributed by atoms with Crippen molar-refractivity contribution in [3.63, 3.8) is 0 Å². The predicted molar refractivity (Wildman–Crippen MR) is 117 cm³/mol. The molecule has 29 heavy (non-hydrogen) atoms. The Hall–Kier alpha value is -3.26. The summed E-state index contributed by atoms with van der Waals surface area (Å²) in [4.78, 5) is 0. The maximum Gasteiger partial charge on any atom is 0.207 e. The van der Waals surface area contributed by atoms with Gasteiger partial charge < -0.3 is 0 Å². The zero-order valence-corrected chi connectivity index (χ0v) is 17.6. The SMILES string of the molecule is Cc1ccccc1C(c1ccccc1C)(c1cccc[n+]1C)c1cccc[n+]1C. The number of hydrogen-bond acceptors (Lipinski definition) is 0. The fourth-order valence-corrected chi connectivity index (χ4v) is 4.64. The van der Waals surface area contributed by atoms with E-state index in [0.717, 1.165) is 0 Å². The van der Waals surface area contributed by atoms with Crippen LogP contribution in [0.15, 0.2) is 97.3 Å². The predicted octanol–water partition coefficient (Wildman–Crippen LogP) is 4.34. The molecule has 2 aromatic carbocycles. The van der Waals surface area contributed by atoms with Gasteiger partial charge in [-0.1, -0.05) is 60.7 Å². The van der Waals surface area contributed by atoms with E-state index in [2.05, 4.69) is 134 Å². The van der Waals surface area contributed by atoms with Gasteiger partial charge in [-0.2, -0.15) is 0 Å². The molecule has 0 radical (unpaired) electrons. The van der Waals surface area contributed by atoms with Crippen molar-refractivity contribution in [2.45, 2.75) is 19.3 Å². The van der Waals surface area contributed by atoms with E-state index in [-0.39, 0.29) is 0 Å². The number of pyridine rings is 2. The van der Waals surface area contributed by atoms with Crippen LogP contribution in [-0.2, 0) is 19.5 Å². The molecule has 4 rings (SSSR count). The standard InChI is InChI=1S/C27H28N2/c1-21-13-5-7-15-23(21)27(24-16-8-6-14-22(24)2,25-17-9-11-19-28(25)3)26-18-10-12-20-29(26)4/h5-20H,1-4H3/q+2. The minimum absolute atomic E-state index is 0.442. The first-order valence-corrected chi connectivity index (χ1v) is 10.1. The summed E-state index contributed by atoms with van der Waals surface area (Å²) in [7, 11) is 4.28. The molecule has 0 bridgehead atoms. The van der Waals surface area contributed by atoms with E-state index >= 15 is 0 Å². The van der Waals surface area contributed by atoms with Crippen LogP contribution in [0, 0.1) is 13.8 Å². The van der Waals surface area contributed by atoms with Crippen LogP contribution in [0.4, 0.5) is 0 Å². The Morgan fingerprint density at radius 3 is 1.28 bits per heavy atom. The van der Waals surface area contributed by atoms with Gasteiger partial charge in [-0.25, -0.2) is 9.13 Å². The summed E-state index contributed by atoms with van der Waals surface area (Å²) in [6.07, 6.45) is 4.28. The second-order valence-corrected chi connectivity index (χ2v) is 7.77. The lowest BCUT2D eigenvalue weighted by molar-refractivity contribution is -0.696. The average Bonchev–Trinajstić information content (AvgIpc) is 2.73. The fourth-order valence-electron chi connectivity index (χ4n) is 4.64. The van der Waals surface area contributed by atoms with Crippen molar-refractivity contribution in [3.8, 4) is 0 Å². The number of aryl methyl sites for hydroxylation is 4. The minimum Gasteiger partial charge on any atom is -0.204 e. The van der Waals surface area contributed by atoms with E-state index in [0.29, 0.717) is 0 Å². The van der Waals surface area contributed by atoms with Gasteiger partial charge in [0.25, 0.3) is 0 Å². The van der Waals surface area contributed by atoms with Gasteiger partial charge in [0.05, 0.1) is 0 Å². The first-order valence-electron chi connectivity index (χ1n) is 10.1. The van der Waals surface area contributed by atoms with Crippen LogP contribution in [0.5, 0.6) is 0 Å². The van der Waals surface area contributed by atoms with Gasteiger partial charge in [-0.3, -0.25) is 0 Å². The molecule has 0 amide bonds. The molecule has 0 aliphatic rings. The molecule has 4 aromatic rings. The molecule has 0 spiro atoms. The molecule has 0 N–H and O–H groups in total. The highest BCUT2D eigenvalue weighted by atomic mass is 15.0. The summed E-state index contributed by atoms with van der Waals surface area (Å²) in [6.45, 7) is 4.43. The zero-order valence-electron chi connectivity index (χ0n) is 17.6. The molecule has 2 heterocycles. The van der Waals surface area contributed by atoms with E-state index in [9.17, 15) is 0 Å². The van der Waals surface area contributed by atoms with Crippen molar-refractivity contribution in [2.24, 2.45) is 14.1 Å². The highest BCUT2D eigenvalue weighted by Gasteiger charge is 2.51. The molecule has 0 fully saturated rings. The number of nitrogens with zero attached hydrogens (tertiary/aromatic N) is 2. The van der Waals surface area contributed by atoms with Crippen LogP contribution in [0.3, 0.4) is 0 Å². The van der Waals surface area contributed by atoms with Gasteiger partial charge in [0, 0.05) is 24.3 Å². The lowest BCUT2D eigenvalue weighted by Crippen LogP contribution is -2.51. The third-order valence-corrected chi connectivity index (χ3v) is 5.98. The highest BCUT2D eigenvalue weighted by Crippen LogP contribution is 2.44. The average molecular weight is 381 g/mol. The maximum absolute atomic E-state index is 2.28. The Morgan fingerprint density at radius 2 is 0.897 bits per heavy atom. The molecular weight excluding hydrogens is 352 g/mol. The normalized spacial score (nSPS) is 11.4. The Bertz CT molecular complexity index is 973. The number of benzene rings is 2. The first kappa shape index (κ1) is 19.1. The van der Waals surface area contributed by atoms with Crippen molar-refractivity contribution < 1.29 is 9.13 Å². The molecule has 0 saturated carbocycles. The van der Waals surface area contributed by atoms with E-state index in [1.807, 2.05) is 0 Å². The Kier molecular flexibility index (Phi) is 5.02. The van der Waals surface area contributed by atoms with Crippen molar-refractivity contribution in [1.82, 2.24) is 0 Å². The second-order valence-electron chi connectivity index (χ2n) is 7.77. The van der Waals surface area contributed by atoms with E-state index in [1.165, 1.54) is 33.6 Å². The fraction of sp³-hybridized carbons (Fsp3) is 0.185. The Morgan fingerprint density at radius 1 is 0.517 bits per heavy atom. The molecule has 0 unspecified atom stereocenters. The van der Waals surface area contributed by atoms with E-state index in [4.69, 9.17) is 0 Å². The summed E-state index contributed by atoms with van der Waals surface area (Å²) in [5, 5.41) is 0.